The number of thioether (sulfide) groups is 1. The van der Waals surface area contributed by atoms with E-state index in [-0.39, 0.29) is 0 Å². The number of hydrogen-bond acceptors (Lipinski definition) is 2. The molecule has 0 aromatic heterocycles. The SMILES string of the molecule is CCCC(CBr)CN1CC(C)SC(C)C1. The van der Waals surface area contributed by atoms with E-state index in [1.807, 2.05) is 0 Å². The van der Waals surface area contributed by atoms with Crippen LogP contribution in [-0.4, -0.2) is 40.4 Å². The number of rotatable bonds is 5. The van der Waals surface area contributed by atoms with E-state index in [2.05, 4.69) is 53.4 Å². The lowest BCUT2D eigenvalue weighted by Crippen LogP contribution is -2.43. The molecule has 1 aliphatic heterocycles. The number of nitrogens with zero attached hydrogens (tertiary/aromatic N) is 1. The van der Waals surface area contributed by atoms with Crippen molar-refractivity contribution < 1.29 is 0 Å². The van der Waals surface area contributed by atoms with Crippen LogP contribution in [0.4, 0.5) is 0 Å². The topological polar surface area (TPSA) is 3.24 Å². The molecule has 0 aromatic rings. The Kier molecular flexibility index (Phi) is 6.63. The first-order valence-electron chi connectivity index (χ1n) is 6.09. The third kappa shape index (κ3) is 5.10. The highest BCUT2D eigenvalue weighted by molar-refractivity contribution is 9.09. The molecule has 0 radical (unpaired) electrons. The van der Waals surface area contributed by atoms with E-state index < -0.39 is 0 Å². The third-order valence-electron chi connectivity index (χ3n) is 2.93. The summed E-state index contributed by atoms with van der Waals surface area (Å²) >= 11 is 5.78. The molecule has 15 heavy (non-hydrogen) atoms. The zero-order chi connectivity index (χ0) is 11.3. The third-order valence-corrected chi connectivity index (χ3v) is 5.07. The fourth-order valence-electron chi connectivity index (χ4n) is 2.42. The minimum absolute atomic E-state index is 0.811. The highest BCUT2D eigenvalue weighted by Gasteiger charge is 2.23. The first-order valence-corrected chi connectivity index (χ1v) is 8.15. The highest BCUT2D eigenvalue weighted by Crippen LogP contribution is 2.25. The molecule has 1 nitrogen and oxygen atoms in total. The van der Waals surface area contributed by atoms with E-state index >= 15 is 0 Å². The normalized spacial score (nSPS) is 30.4. The van der Waals surface area contributed by atoms with Gasteiger partial charge in [-0.25, -0.2) is 0 Å². The quantitative estimate of drug-likeness (QED) is 0.712. The van der Waals surface area contributed by atoms with Gasteiger partial charge in [0.2, 0.25) is 0 Å². The Morgan fingerprint density at radius 1 is 1.33 bits per heavy atom. The molecule has 1 fully saturated rings. The van der Waals surface area contributed by atoms with E-state index in [4.69, 9.17) is 0 Å². The first-order chi connectivity index (χ1) is 7.15. The zero-order valence-electron chi connectivity index (χ0n) is 10.2. The lowest BCUT2D eigenvalue weighted by Gasteiger charge is -2.36. The summed E-state index contributed by atoms with van der Waals surface area (Å²) in [7, 11) is 0. The molecular weight excluding hydrogens is 270 g/mol. The molecule has 1 aliphatic rings. The second-order valence-corrected chi connectivity index (χ2v) is 7.31. The fraction of sp³-hybridized carbons (Fsp3) is 1.00. The van der Waals surface area contributed by atoms with E-state index in [0.29, 0.717) is 0 Å². The molecule has 3 heteroatoms. The Hall–Kier alpha value is 0.790. The smallest absolute Gasteiger partial charge is 0.0149 e. The van der Waals surface area contributed by atoms with Crippen molar-refractivity contribution in [2.75, 3.05) is 25.0 Å². The Morgan fingerprint density at radius 2 is 1.93 bits per heavy atom. The second kappa shape index (κ2) is 7.18. The van der Waals surface area contributed by atoms with Crippen LogP contribution in [0.5, 0.6) is 0 Å². The van der Waals surface area contributed by atoms with Crippen LogP contribution in [0.1, 0.15) is 33.6 Å². The average molecular weight is 294 g/mol. The van der Waals surface area contributed by atoms with Gasteiger partial charge in [-0.05, 0) is 12.3 Å². The fourth-order valence-corrected chi connectivity index (χ4v) is 4.34. The molecule has 0 aromatic carbocycles. The number of hydrogen-bond donors (Lipinski definition) is 0. The molecule has 1 heterocycles. The average Bonchev–Trinajstić information content (AvgIpc) is 2.15. The summed E-state index contributed by atoms with van der Waals surface area (Å²) < 4.78 is 0. The summed E-state index contributed by atoms with van der Waals surface area (Å²) in [6.45, 7) is 10.8. The molecular formula is C12H24BrNS. The van der Waals surface area contributed by atoms with Crippen LogP contribution in [0.15, 0.2) is 0 Å². The summed E-state index contributed by atoms with van der Waals surface area (Å²) in [6.07, 6.45) is 2.67. The van der Waals surface area contributed by atoms with Crippen LogP contribution in [0, 0.1) is 5.92 Å². The Labute approximate surface area is 107 Å². The molecule has 1 saturated heterocycles. The van der Waals surface area contributed by atoms with Crippen LogP contribution in [0.3, 0.4) is 0 Å². The van der Waals surface area contributed by atoms with Crippen molar-refractivity contribution in [3.8, 4) is 0 Å². The molecule has 0 bridgehead atoms. The lowest BCUT2D eigenvalue weighted by molar-refractivity contribution is 0.232. The molecule has 0 amide bonds. The maximum Gasteiger partial charge on any atom is 0.0149 e. The summed E-state index contributed by atoms with van der Waals surface area (Å²) in [6, 6.07) is 0. The Balaban J connectivity index is 2.35. The van der Waals surface area contributed by atoms with Gasteiger partial charge in [0, 0.05) is 35.5 Å². The van der Waals surface area contributed by atoms with Crippen molar-refractivity contribution in [1.82, 2.24) is 4.90 Å². The lowest BCUT2D eigenvalue weighted by atomic mass is 10.1. The maximum atomic E-state index is 3.64. The molecule has 0 aliphatic carbocycles. The van der Waals surface area contributed by atoms with Crippen molar-refractivity contribution in [2.45, 2.75) is 44.1 Å². The van der Waals surface area contributed by atoms with Gasteiger partial charge in [-0.15, -0.1) is 0 Å². The molecule has 0 spiro atoms. The van der Waals surface area contributed by atoms with E-state index in [1.54, 1.807) is 0 Å². The van der Waals surface area contributed by atoms with E-state index in [9.17, 15) is 0 Å². The van der Waals surface area contributed by atoms with Crippen LogP contribution in [0.25, 0.3) is 0 Å². The van der Waals surface area contributed by atoms with Gasteiger partial charge in [0.15, 0.2) is 0 Å². The maximum absolute atomic E-state index is 3.64. The van der Waals surface area contributed by atoms with Crippen molar-refractivity contribution >= 4 is 27.7 Å². The zero-order valence-corrected chi connectivity index (χ0v) is 12.6. The molecule has 90 valence electrons. The Morgan fingerprint density at radius 3 is 2.40 bits per heavy atom. The van der Waals surface area contributed by atoms with Crippen molar-refractivity contribution in [3.63, 3.8) is 0 Å². The van der Waals surface area contributed by atoms with Crippen molar-refractivity contribution in [3.05, 3.63) is 0 Å². The van der Waals surface area contributed by atoms with Gasteiger partial charge in [0.05, 0.1) is 0 Å². The van der Waals surface area contributed by atoms with Gasteiger partial charge in [-0.3, -0.25) is 0 Å². The predicted molar refractivity (Wildman–Crippen MR) is 75.1 cm³/mol. The molecule has 3 unspecified atom stereocenters. The largest absolute Gasteiger partial charge is 0.301 e. The Bertz CT molecular complexity index is 167. The standard InChI is InChI=1S/C12H24BrNS/c1-4-5-12(6-13)9-14-7-10(2)15-11(3)8-14/h10-12H,4-9H2,1-3H3. The monoisotopic (exact) mass is 293 g/mol. The van der Waals surface area contributed by atoms with Gasteiger partial charge < -0.3 is 4.90 Å². The molecule has 0 saturated carbocycles. The summed E-state index contributed by atoms with van der Waals surface area (Å²) in [5, 5.41) is 2.78. The molecule has 1 rings (SSSR count). The number of halogens is 1. The van der Waals surface area contributed by atoms with Gasteiger partial charge in [-0.2, -0.15) is 11.8 Å². The number of alkyl halides is 1. The van der Waals surface area contributed by atoms with Gasteiger partial charge in [0.1, 0.15) is 0 Å². The van der Waals surface area contributed by atoms with Crippen LogP contribution < -0.4 is 0 Å². The summed E-state index contributed by atoms with van der Waals surface area (Å²) in [5.74, 6) is 0.845. The molecule has 0 N–H and O–H groups in total. The van der Waals surface area contributed by atoms with E-state index in [1.165, 1.54) is 32.5 Å². The highest BCUT2D eigenvalue weighted by atomic mass is 79.9. The van der Waals surface area contributed by atoms with Crippen LogP contribution in [-0.2, 0) is 0 Å². The molecule has 3 atom stereocenters. The summed E-state index contributed by atoms with van der Waals surface area (Å²) in [4.78, 5) is 2.66. The van der Waals surface area contributed by atoms with Crippen molar-refractivity contribution in [1.29, 1.82) is 0 Å². The second-order valence-electron chi connectivity index (χ2n) is 4.78. The van der Waals surface area contributed by atoms with Gasteiger partial charge in [0.25, 0.3) is 0 Å². The minimum atomic E-state index is 0.811. The summed E-state index contributed by atoms with van der Waals surface area (Å²) in [5.41, 5.74) is 0. The first kappa shape index (κ1) is 13.9. The van der Waals surface area contributed by atoms with Gasteiger partial charge >= 0.3 is 0 Å². The van der Waals surface area contributed by atoms with Gasteiger partial charge in [-0.1, -0.05) is 43.1 Å². The van der Waals surface area contributed by atoms with Crippen molar-refractivity contribution in [2.24, 2.45) is 5.92 Å². The van der Waals surface area contributed by atoms with Crippen LogP contribution >= 0.6 is 27.7 Å². The predicted octanol–water partition coefficient (Wildman–Crippen LogP) is 3.62. The van der Waals surface area contributed by atoms with E-state index in [0.717, 1.165) is 21.7 Å². The van der Waals surface area contributed by atoms with Crippen LogP contribution in [0.2, 0.25) is 0 Å². The minimum Gasteiger partial charge on any atom is -0.301 e.